The van der Waals surface area contributed by atoms with Crippen LogP contribution in [0, 0.1) is 20.8 Å². The van der Waals surface area contributed by atoms with Crippen molar-refractivity contribution in [2.45, 2.75) is 46.2 Å². The fraction of sp³-hybridized carbons (Fsp3) is 0.348. The number of para-hydroxylation sites is 1. The Labute approximate surface area is 170 Å². The molecule has 1 unspecified atom stereocenters. The molecule has 1 atom stereocenters. The highest BCUT2D eigenvalue weighted by molar-refractivity contribution is 6.11. The minimum atomic E-state index is -0.836. The number of nitrogens with one attached hydrogen (secondary N) is 1. The molecule has 29 heavy (non-hydrogen) atoms. The van der Waals surface area contributed by atoms with E-state index in [-0.39, 0.29) is 24.3 Å². The Morgan fingerprint density at radius 1 is 1.10 bits per heavy atom. The molecule has 6 nitrogen and oxygen atoms in total. The molecule has 0 bridgehead atoms. The van der Waals surface area contributed by atoms with Crippen LogP contribution in [-0.2, 0) is 9.59 Å². The molecule has 2 aliphatic heterocycles. The van der Waals surface area contributed by atoms with Gasteiger partial charge in [-0.3, -0.25) is 19.3 Å². The summed E-state index contributed by atoms with van der Waals surface area (Å²) in [6, 6.07) is 11.1. The van der Waals surface area contributed by atoms with Gasteiger partial charge in [0.25, 0.3) is 5.91 Å². The van der Waals surface area contributed by atoms with Crippen molar-refractivity contribution in [3.05, 3.63) is 58.7 Å². The molecule has 6 heteroatoms. The lowest BCUT2D eigenvalue weighted by Crippen LogP contribution is -2.63. The minimum Gasteiger partial charge on any atom is -0.324 e. The third-order valence-electron chi connectivity index (χ3n) is 5.99. The molecule has 2 aliphatic rings. The summed E-state index contributed by atoms with van der Waals surface area (Å²) in [7, 11) is 0. The summed E-state index contributed by atoms with van der Waals surface area (Å²) in [6.45, 7) is 7.68. The molecule has 4 rings (SSSR count). The number of rotatable bonds is 3. The Balaban J connectivity index is 1.66. The molecule has 0 radical (unpaired) electrons. The predicted octanol–water partition coefficient (Wildman–Crippen LogP) is 3.55. The maximum Gasteiger partial charge on any atom is 0.258 e. The molecular formula is C23H25N3O3. The summed E-state index contributed by atoms with van der Waals surface area (Å²) in [5, 5.41) is 2.97. The number of aryl methyl sites for hydroxylation is 3. The lowest BCUT2D eigenvalue weighted by Gasteiger charge is -2.48. The van der Waals surface area contributed by atoms with E-state index in [1.165, 1.54) is 4.90 Å². The van der Waals surface area contributed by atoms with E-state index in [9.17, 15) is 14.4 Å². The van der Waals surface area contributed by atoms with Crippen LogP contribution in [0.5, 0.6) is 0 Å². The topological polar surface area (TPSA) is 69.7 Å². The molecule has 150 valence electrons. The fourth-order valence-electron chi connectivity index (χ4n) is 4.64. The fourth-order valence-corrected chi connectivity index (χ4v) is 4.64. The van der Waals surface area contributed by atoms with Crippen LogP contribution in [0.1, 0.15) is 46.8 Å². The molecule has 1 N–H and O–H groups in total. The van der Waals surface area contributed by atoms with Gasteiger partial charge in [0.1, 0.15) is 12.2 Å². The maximum atomic E-state index is 13.2. The number of carbonyl (C=O) groups is 3. The summed E-state index contributed by atoms with van der Waals surface area (Å²) < 4.78 is 0. The number of amides is 3. The molecule has 1 fully saturated rings. The standard InChI is InChI=1S/C23H25N3O3/c1-14-11-15(2)21(16(3)12-14)24-19(27)13-25-22(29)17-7-5-6-8-18(17)26-20(28)9-10-23(25,26)4/h5-8,11-12H,9-10,13H2,1-4H3,(H,24,27). The van der Waals surface area contributed by atoms with Gasteiger partial charge in [-0.1, -0.05) is 29.8 Å². The SMILES string of the molecule is Cc1cc(C)c(NC(=O)CN2C(=O)c3ccccc3N3C(=O)CCC23C)c(C)c1. The average Bonchev–Trinajstić information content (AvgIpc) is 2.97. The van der Waals surface area contributed by atoms with Crippen LogP contribution in [0.3, 0.4) is 0 Å². The quantitative estimate of drug-likeness (QED) is 0.870. The van der Waals surface area contributed by atoms with E-state index in [4.69, 9.17) is 0 Å². The zero-order valence-corrected chi connectivity index (χ0v) is 17.2. The van der Waals surface area contributed by atoms with E-state index in [1.807, 2.05) is 45.9 Å². The summed E-state index contributed by atoms with van der Waals surface area (Å²) in [4.78, 5) is 42.0. The summed E-state index contributed by atoms with van der Waals surface area (Å²) in [5.74, 6) is -0.516. The van der Waals surface area contributed by atoms with Gasteiger partial charge < -0.3 is 10.2 Å². The first kappa shape index (κ1) is 19.2. The van der Waals surface area contributed by atoms with Gasteiger partial charge >= 0.3 is 0 Å². The second kappa shape index (κ2) is 6.72. The number of hydrogen-bond donors (Lipinski definition) is 1. The molecule has 0 saturated carbocycles. The van der Waals surface area contributed by atoms with E-state index >= 15 is 0 Å². The van der Waals surface area contributed by atoms with Crippen molar-refractivity contribution < 1.29 is 14.4 Å². The van der Waals surface area contributed by atoms with Crippen LogP contribution >= 0.6 is 0 Å². The highest BCUT2D eigenvalue weighted by atomic mass is 16.2. The van der Waals surface area contributed by atoms with E-state index in [0.717, 1.165) is 22.4 Å². The molecular weight excluding hydrogens is 366 g/mol. The molecule has 0 aliphatic carbocycles. The van der Waals surface area contributed by atoms with Gasteiger partial charge in [-0.2, -0.15) is 0 Å². The van der Waals surface area contributed by atoms with E-state index in [1.54, 1.807) is 23.1 Å². The zero-order valence-electron chi connectivity index (χ0n) is 17.2. The normalized spacial score (nSPS) is 20.6. The monoisotopic (exact) mass is 391 g/mol. The van der Waals surface area contributed by atoms with Crippen molar-refractivity contribution in [3.8, 4) is 0 Å². The number of nitrogens with zero attached hydrogens (tertiary/aromatic N) is 2. The van der Waals surface area contributed by atoms with Gasteiger partial charge in [0, 0.05) is 12.1 Å². The van der Waals surface area contributed by atoms with E-state index in [2.05, 4.69) is 5.32 Å². The van der Waals surface area contributed by atoms with Crippen LogP contribution in [0.2, 0.25) is 0 Å². The molecule has 3 amide bonds. The Bertz CT molecular complexity index is 1020. The lowest BCUT2D eigenvalue weighted by molar-refractivity contribution is -0.120. The first-order valence-corrected chi connectivity index (χ1v) is 9.84. The van der Waals surface area contributed by atoms with Crippen LogP contribution in [0.15, 0.2) is 36.4 Å². The van der Waals surface area contributed by atoms with Gasteiger partial charge in [-0.25, -0.2) is 0 Å². The second-order valence-corrected chi connectivity index (χ2v) is 8.18. The largest absolute Gasteiger partial charge is 0.324 e. The number of anilines is 2. The molecule has 2 aromatic rings. The maximum absolute atomic E-state index is 13.2. The van der Waals surface area contributed by atoms with Crippen LogP contribution in [-0.4, -0.2) is 34.8 Å². The average molecular weight is 391 g/mol. The molecule has 0 aromatic heterocycles. The van der Waals surface area contributed by atoms with Gasteiger partial charge in [-0.05, 0) is 57.4 Å². The second-order valence-electron chi connectivity index (χ2n) is 8.18. The summed E-state index contributed by atoms with van der Waals surface area (Å²) >= 11 is 0. The van der Waals surface area contributed by atoms with Crippen molar-refractivity contribution in [1.29, 1.82) is 0 Å². The van der Waals surface area contributed by atoms with Gasteiger partial charge in [0.2, 0.25) is 11.8 Å². The van der Waals surface area contributed by atoms with E-state index in [0.29, 0.717) is 24.1 Å². The van der Waals surface area contributed by atoms with Crippen molar-refractivity contribution in [3.63, 3.8) is 0 Å². The first-order valence-electron chi connectivity index (χ1n) is 9.84. The number of benzene rings is 2. The number of fused-ring (bicyclic) bond motifs is 3. The Hall–Kier alpha value is -3.15. The van der Waals surface area contributed by atoms with Crippen molar-refractivity contribution in [2.24, 2.45) is 0 Å². The van der Waals surface area contributed by atoms with Crippen molar-refractivity contribution in [1.82, 2.24) is 4.90 Å². The van der Waals surface area contributed by atoms with Crippen molar-refractivity contribution in [2.75, 3.05) is 16.8 Å². The van der Waals surface area contributed by atoms with Crippen molar-refractivity contribution >= 4 is 29.1 Å². The Kier molecular flexibility index (Phi) is 4.45. The third-order valence-corrected chi connectivity index (χ3v) is 5.99. The van der Waals surface area contributed by atoms with Crippen LogP contribution in [0.4, 0.5) is 11.4 Å². The highest BCUT2D eigenvalue weighted by Gasteiger charge is 2.53. The van der Waals surface area contributed by atoms with Gasteiger partial charge in [-0.15, -0.1) is 0 Å². The van der Waals surface area contributed by atoms with E-state index < -0.39 is 5.66 Å². The summed E-state index contributed by atoms with van der Waals surface area (Å²) in [6.07, 6.45) is 0.855. The smallest absolute Gasteiger partial charge is 0.258 e. The third kappa shape index (κ3) is 2.99. The first-order chi connectivity index (χ1) is 13.7. The molecule has 0 spiro atoms. The lowest BCUT2D eigenvalue weighted by atomic mass is 9.98. The van der Waals surface area contributed by atoms with Gasteiger partial charge in [0.05, 0.1) is 11.3 Å². The predicted molar refractivity (Wildman–Crippen MR) is 112 cm³/mol. The van der Waals surface area contributed by atoms with Gasteiger partial charge in [0.15, 0.2) is 0 Å². The number of hydrogen-bond acceptors (Lipinski definition) is 3. The Morgan fingerprint density at radius 3 is 2.45 bits per heavy atom. The molecule has 2 heterocycles. The highest BCUT2D eigenvalue weighted by Crippen LogP contribution is 2.43. The number of carbonyl (C=O) groups excluding carboxylic acids is 3. The molecule has 2 aromatic carbocycles. The Morgan fingerprint density at radius 2 is 1.76 bits per heavy atom. The molecule has 1 saturated heterocycles. The minimum absolute atomic E-state index is 0.0249. The van der Waals surface area contributed by atoms with Crippen LogP contribution in [0.25, 0.3) is 0 Å². The summed E-state index contributed by atoms with van der Waals surface area (Å²) in [5.41, 5.74) is 4.12. The van der Waals surface area contributed by atoms with Crippen LogP contribution < -0.4 is 10.2 Å². The zero-order chi connectivity index (χ0) is 20.9.